The van der Waals surface area contributed by atoms with Crippen LogP contribution in [-0.2, 0) is 10.0 Å². The average molecular weight is 340 g/mol. The van der Waals surface area contributed by atoms with Crippen molar-refractivity contribution in [2.24, 2.45) is 10.2 Å². The molecule has 1 aromatic carbocycles. The van der Waals surface area contributed by atoms with Crippen LogP contribution >= 0.6 is 11.3 Å². The minimum Gasteiger partial charge on any atom is -0.272 e. The average Bonchev–Trinajstić information content (AvgIpc) is 2.83. The number of benzene rings is 1. The molecule has 0 unspecified atom stereocenters. The molecule has 0 aliphatic rings. The molecule has 1 aromatic heterocycles. The Bertz CT molecular complexity index is 843. The SMILES string of the molecule is Cc1ccc(/C=N\Nc2ccc(S(N)(=O)=O)cc2[N+](=O)[O-])s1. The predicted octanol–water partition coefficient (Wildman–Crippen LogP) is 2.06. The highest BCUT2D eigenvalue weighted by molar-refractivity contribution is 7.89. The summed E-state index contributed by atoms with van der Waals surface area (Å²) in [5, 5.41) is 19.9. The van der Waals surface area contributed by atoms with E-state index in [-0.39, 0.29) is 10.6 Å². The first-order valence-corrected chi connectivity index (χ1v) is 8.30. The third-order valence-corrected chi connectivity index (χ3v) is 4.48. The van der Waals surface area contributed by atoms with Crippen LogP contribution in [0, 0.1) is 17.0 Å². The monoisotopic (exact) mass is 340 g/mol. The minimum absolute atomic E-state index is 0.0712. The zero-order valence-corrected chi connectivity index (χ0v) is 13.0. The van der Waals surface area contributed by atoms with Gasteiger partial charge < -0.3 is 0 Å². The lowest BCUT2D eigenvalue weighted by Gasteiger charge is -2.04. The van der Waals surface area contributed by atoms with Gasteiger partial charge in [0.05, 0.1) is 16.0 Å². The van der Waals surface area contributed by atoms with Gasteiger partial charge in [-0.1, -0.05) is 0 Å². The molecule has 0 radical (unpaired) electrons. The number of nitrogens with zero attached hydrogens (tertiary/aromatic N) is 2. The fourth-order valence-electron chi connectivity index (χ4n) is 1.62. The van der Waals surface area contributed by atoms with E-state index in [0.717, 1.165) is 15.8 Å². The van der Waals surface area contributed by atoms with E-state index in [0.29, 0.717) is 0 Å². The van der Waals surface area contributed by atoms with Gasteiger partial charge in [-0.25, -0.2) is 13.6 Å². The Labute approximate surface area is 130 Å². The first kappa shape index (κ1) is 16.1. The molecule has 116 valence electrons. The van der Waals surface area contributed by atoms with Crippen LogP contribution in [0.25, 0.3) is 0 Å². The second-order valence-corrected chi connectivity index (χ2v) is 7.18. The number of sulfonamides is 1. The molecule has 22 heavy (non-hydrogen) atoms. The van der Waals surface area contributed by atoms with Crippen LogP contribution in [-0.4, -0.2) is 19.6 Å². The van der Waals surface area contributed by atoms with Crippen molar-refractivity contribution >= 4 is 38.9 Å². The van der Waals surface area contributed by atoms with E-state index >= 15 is 0 Å². The number of nitrogens with one attached hydrogen (secondary N) is 1. The Morgan fingerprint density at radius 3 is 2.64 bits per heavy atom. The Morgan fingerprint density at radius 2 is 2.09 bits per heavy atom. The molecular formula is C12H12N4O4S2. The van der Waals surface area contributed by atoms with Gasteiger partial charge in [-0.15, -0.1) is 11.3 Å². The molecule has 1 heterocycles. The molecule has 0 aliphatic carbocycles. The van der Waals surface area contributed by atoms with Gasteiger partial charge in [0.25, 0.3) is 5.69 Å². The quantitative estimate of drug-likeness (QED) is 0.489. The van der Waals surface area contributed by atoms with E-state index in [1.165, 1.54) is 29.7 Å². The molecule has 8 nitrogen and oxygen atoms in total. The highest BCUT2D eigenvalue weighted by Gasteiger charge is 2.18. The summed E-state index contributed by atoms with van der Waals surface area (Å²) in [5.74, 6) is 0. The number of nitrogens with two attached hydrogens (primary N) is 1. The van der Waals surface area contributed by atoms with Crippen LogP contribution < -0.4 is 10.6 Å². The standard InChI is InChI=1S/C12H12N4O4S2/c1-8-2-3-9(21-8)7-14-15-11-5-4-10(22(13,19)20)6-12(11)16(17)18/h2-7,15H,1H3,(H2,13,19,20)/b14-7-. The van der Waals surface area contributed by atoms with Crippen molar-refractivity contribution in [2.45, 2.75) is 11.8 Å². The van der Waals surface area contributed by atoms with Crippen LogP contribution in [0.4, 0.5) is 11.4 Å². The Hall–Kier alpha value is -2.30. The van der Waals surface area contributed by atoms with Gasteiger partial charge in [0.15, 0.2) is 0 Å². The summed E-state index contributed by atoms with van der Waals surface area (Å²) >= 11 is 1.52. The summed E-state index contributed by atoms with van der Waals surface area (Å²) in [5.41, 5.74) is 2.18. The zero-order valence-electron chi connectivity index (χ0n) is 11.4. The Kier molecular flexibility index (Phi) is 4.54. The van der Waals surface area contributed by atoms with Crippen LogP contribution in [0.1, 0.15) is 9.75 Å². The summed E-state index contributed by atoms with van der Waals surface area (Å²) in [6, 6.07) is 7.10. The molecule has 0 bridgehead atoms. The molecule has 0 aliphatic heterocycles. The third kappa shape index (κ3) is 3.87. The number of nitro groups is 1. The minimum atomic E-state index is -4.01. The molecule has 0 amide bonds. The number of nitro benzene ring substituents is 1. The van der Waals surface area contributed by atoms with Gasteiger partial charge in [-0.3, -0.25) is 15.5 Å². The van der Waals surface area contributed by atoms with Crippen molar-refractivity contribution in [1.82, 2.24) is 0 Å². The number of hydrogen-bond acceptors (Lipinski definition) is 7. The van der Waals surface area contributed by atoms with Gasteiger partial charge in [0.2, 0.25) is 10.0 Å². The first-order valence-electron chi connectivity index (χ1n) is 5.94. The molecule has 0 saturated heterocycles. The van der Waals surface area contributed by atoms with Crippen LogP contribution in [0.3, 0.4) is 0 Å². The van der Waals surface area contributed by atoms with Crippen LogP contribution in [0.15, 0.2) is 40.3 Å². The maximum absolute atomic E-state index is 11.2. The van der Waals surface area contributed by atoms with Gasteiger partial charge in [-0.05, 0) is 31.2 Å². The smallest absolute Gasteiger partial charge is 0.272 e. The molecule has 2 rings (SSSR count). The molecule has 0 atom stereocenters. The van der Waals surface area contributed by atoms with Crippen molar-refractivity contribution in [2.75, 3.05) is 5.43 Å². The lowest BCUT2D eigenvalue weighted by atomic mass is 10.3. The Morgan fingerprint density at radius 1 is 1.36 bits per heavy atom. The topological polar surface area (TPSA) is 128 Å². The molecule has 10 heteroatoms. The van der Waals surface area contributed by atoms with E-state index in [4.69, 9.17) is 5.14 Å². The number of primary sulfonamides is 1. The second kappa shape index (κ2) is 6.22. The fourth-order valence-corrected chi connectivity index (χ4v) is 2.91. The molecule has 2 aromatic rings. The van der Waals surface area contributed by atoms with Crippen LogP contribution in [0.2, 0.25) is 0 Å². The van der Waals surface area contributed by atoms with Gasteiger partial charge in [0, 0.05) is 15.8 Å². The normalized spacial score (nSPS) is 11.7. The summed E-state index contributed by atoms with van der Waals surface area (Å²) < 4.78 is 22.5. The molecule has 0 spiro atoms. The van der Waals surface area contributed by atoms with E-state index in [1.54, 1.807) is 0 Å². The maximum atomic E-state index is 11.2. The van der Waals surface area contributed by atoms with E-state index in [2.05, 4.69) is 10.5 Å². The van der Waals surface area contributed by atoms with Gasteiger partial charge >= 0.3 is 0 Å². The fraction of sp³-hybridized carbons (Fsp3) is 0.0833. The number of aryl methyl sites for hydroxylation is 1. The highest BCUT2D eigenvalue weighted by atomic mass is 32.2. The second-order valence-electron chi connectivity index (χ2n) is 4.30. The van der Waals surface area contributed by atoms with Crippen molar-refractivity contribution in [3.63, 3.8) is 0 Å². The maximum Gasteiger partial charge on any atom is 0.295 e. The van der Waals surface area contributed by atoms with Crippen molar-refractivity contribution < 1.29 is 13.3 Å². The summed E-state index contributed by atoms with van der Waals surface area (Å²) in [7, 11) is -4.01. The van der Waals surface area contributed by atoms with E-state index < -0.39 is 20.6 Å². The number of rotatable bonds is 5. The summed E-state index contributed by atoms with van der Waals surface area (Å²) in [4.78, 5) is 12.0. The summed E-state index contributed by atoms with van der Waals surface area (Å²) in [6.07, 6.45) is 1.52. The highest BCUT2D eigenvalue weighted by Crippen LogP contribution is 2.27. The molecule has 0 fully saturated rings. The molecule has 3 N–H and O–H groups in total. The summed E-state index contributed by atoms with van der Waals surface area (Å²) in [6.45, 7) is 1.95. The van der Waals surface area contributed by atoms with Crippen LogP contribution in [0.5, 0.6) is 0 Å². The predicted molar refractivity (Wildman–Crippen MR) is 84.7 cm³/mol. The van der Waals surface area contributed by atoms with E-state index in [1.807, 2.05) is 19.1 Å². The van der Waals surface area contributed by atoms with Crippen molar-refractivity contribution in [3.8, 4) is 0 Å². The van der Waals surface area contributed by atoms with Crippen molar-refractivity contribution in [1.29, 1.82) is 0 Å². The third-order valence-electron chi connectivity index (χ3n) is 2.63. The number of hydrogen-bond donors (Lipinski definition) is 2. The lowest BCUT2D eigenvalue weighted by molar-refractivity contribution is -0.384. The first-order chi connectivity index (χ1) is 10.3. The van der Waals surface area contributed by atoms with Gasteiger partial charge in [0.1, 0.15) is 5.69 Å². The number of anilines is 1. The zero-order chi connectivity index (χ0) is 16.3. The van der Waals surface area contributed by atoms with Gasteiger partial charge in [-0.2, -0.15) is 5.10 Å². The number of hydrazone groups is 1. The largest absolute Gasteiger partial charge is 0.295 e. The number of thiophene rings is 1. The molecule has 0 saturated carbocycles. The Balaban J connectivity index is 2.27. The molecular weight excluding hydrogens is 328 g/mol. The van der Waals surface area contributed by atoms with E-state index in [9.17, 15) is 18.5 Å². The lowest BCUT2D eigenvalue weighted by Crippen LogP contribution is -2.12. The van der Waals surface area contributed by atoms with Crippen molar-refractivity contribution in [3.05, 3.63) is 50.2 Å².